The highest BCUT2D eigenvalue weighted by molar-refractivity contribution is 5.91. The third kappa shape index (κ3) is 8.46. The minimum atomic E-state index is -0.290. The fraction of sp³-hybridized carbons (Fsp3) is 0.683. The lowest BCUT2D eigenvalue weighted by molar-refractivity contribution is -0.213. The molecule has 2 aromatic rings. The van der Waals surface area contributed by atoms with Crippen LogP contribution < -0.4 is 4.74 Å². The maximum atomic E-state index is 12.9. The first-order chi connectivity index (χ1) is 23.6. The van der Waals surface area contributed by atoms with Gasteiger partial charge in [-0.25, -0.2) is 4.79 Å². The van der Waals surface area contributed by atoms with Gasteiger partial charge in [0.2, 0.25) is 0 Å². The van der Waals surface area contributed by atoms with E-state index in [4.69, 9.17) is 19.7 Å². The number of esters is 1. The number of carbonyl (C=O) groups is 1. The summed E-state index contributed by atoms with van der Waals surface area (Å²) in [6, 6.07) is 15.8. The molecule has 0 aromatic heterocycles. The van der Waals surface area contributed by atoms with Gasteiger partial charge in [-0.1, -0.05) is 87.7 Å². The number of nitrogens with zero attached hydrogens (tertiary/aromatic N) is 3. The van der Waals surface area contributed by atoms with Crippen molar-refractivity contribution in [2.45, 2.75) is 141 Å². The van der Waals surface area contributed by atoms with Gasteiger partial charge in [-0.2, -0.15) is 0 Å². The van der Waals surface area contributed by atoms with E-state index in [1.807, 2.05) is 36.4 Å². The molecule has 1 heterocycles. The van der Waals surface area contributed by atoms with Crippen LogP contribution >= 0.6 is 0 Å². The third-order valence-electron chi connectivity index (χ3n) is 12.4. The van der Waals surface area contributed by atoms with Gasteiger partial charge in [-0.15, -0.1) is 0 Å². The molecule has 1 saturated heterocycles. The molecule has 260 valence electrons. The molecule has 1 aliphatic heterocycles. The normalized spacial score (nSPS) is 29.3. The number of hydrogen-bond acceptors (Lipinski definition) is 5. The van der Waals surface area contributed by atoms with Crippen LogP contribution in [0.25, 0.3) is 10.4 Å². The number of rotatable bonds is 16. The van der Waals surface area contributed by atoms with E-state index >= 15 is 0 Å². The zero-order valence-corrected chi connectivity index (χ0v) is 29.2. The molecule has 0 spiro atoms. The van der Waals surface area contributed by atoms with Crippen LogP contribution in [0.5, 0.6) is 5.75 Å². The Bertz CT molecular complexity index is 1370. The molecule has 0 radical (unpaired) electrons. The molecule has 0 amide bonds. The van der Waals surface area contributed by atoms with Crippen LogP contribution in [0.2, 0.25) is 0 Å². The fourth-order valence-corrected chi connectivity index (χ4v) is 9.90. The predicted molar refractivity (Wildman–Crippen MR) is 190 cm³/mol. The Morgan fingerprint density at radius 1 is 0.938 bits per heavy atom. The van der Waals surface area contributed by atoms with E-state index < -0.39 is 0 Å². The Labute approximate surface area is 288 Å². The summed E-state index contributed by atoms with van der Waals surface area (Å²) >= 11 is 0. The molecule has 2 aromatic carbocycles. The second kappa shape index (κ2) is 17.2. The van der Waals surface area contributed by atoms with E-state index in [1.165, 1.54) is 88.2 Å². The van der Waals surface area contributed by atoms with Gasteiger partial charge in [-0.3, -0.25) is 0 Å². The average Bonchev–Trinajstić information content (AvgIpc) is 3.44. The minimum Gasteiger partial charge on any atom is -0.423 e. The maximum Gasteiger partial charge on any atom is 0.343 e. The summed E-state index contributed by atoms with van der Waals surface area (Å²) in [5.41, 5.74) is 12.1. The fourth-order valence-electron chi connectivity index (χ4n) is 9.90. The van der Waals surface area contributed by atoms with E-state index in [-0.39, 0.29) is 17.7 Å². The molecule has 48 heavy (non-hydrogen) atoms. The largest absolute Gasteiger partial charge is 0.423 e. The first-order valence-corrected chi connectivity index (χ1v) is 19.2. The van der Waals surface area contributed by atoms with Crippen molar-refractivity contribution in [3.8, 4) is 5.75 Å². The standard InChI is InChI=1S/C41H57N3O4/c1-41-25-24-35-34-21-20-33(47-40(45)30-16-11-9-12-17-30)29-32(34)28-31(18-10-7-5-3-2-4-6-8-14-26-43-44-42)39(35)36(41)22-23-37(41)48-38-19-13-15-27-46-38/h9,11-12,16-17,20-21,29,31,35-39H,2-8,10,13-15,18-19,22-28H2,1H3/t31-,35-,36+,37+,38?,39-,41+/m1/s1. The maximum absolute atomic E-state index is 12.9. The van der Waals surface area contributed by atoms with Crippen LogP contribution in [0, 0.1) is 23.2 Å². The number of benzene rings is 2. The predicted octanol–water partition coefficient (Wildman–Crippen LogP) is 11.1. The Balaban J connectivity index is 1.10. The molecular weight excluding hydrogens is 598 g/mol. The topological polar surface area (TPSA) is 93.5 Å². The van der Waals surface area contributed by atoms with Crippen LogP contribution in [-0.2, 0) is 15.9 Å². The monoisotopic (exact) mass is 655 g/mol. The second-order valence-electron chi connectivity index (χ2n) is 15.3. The van der Waals surface area contributed by atoms with Crippen LogP contribution in [-0.4, -0.2) is 31.5 Å². The smallest absolute Gasteiger partial charge is 0.343 e. The van der Waals surface area contributed by atoms with E-state index in [1.54, 1.807) is 0 Å². The van der Waals surface area contributed by atoms with Crippen molar-refractivity contribution in [3.63, 3.8) is 0 Å². The van der Waals surface area contributed by atoms with Crippen molar-refractivity contribution in [1.82, 2.24) is 0 Å². The summed E-state index contributed by atoms with van der Waals surface area (Å²) in [5, 5.41) is 3.64. The first kappa shape index (κ1) is 35.0. The zero-order valence-electron chi connectivity index (χ0n) is 29.2. The lowest BCUT2D eigenvalue weighted by Crippen LogP contribution is -2.48. The SMILES string of the molecule is C[C@]12CC[C@@H]3c4ccc(OC(=O)c5ccccc5)cc4C[C@@H](CCCCCCCCCCCN=[N+]=[N-])[C@H]3[C@@H]1CC[C@@H]2OC1CCCCO1. The number of fused-ring (bicyclic) bond motifs is 5. The van der Waals surface area contributed by atoms with Crippen LogP contribution in [0.1, 0.15) is 143 Å². The van der Waals surface area contributed by atoms with E-state index in [2.05, 4.69) is 29.1 Å². The summed E-state index contributed by atoms with van der Waals surface area (Å²) in [6.07, 6.45) is 22.1. The molecule has 1 unspecified atom stereocenters. The van der Waals surface area contributed by atoms with Crippen LogP contribution in [0.4, 0.5) is 0 Å². The van der Waals surface area contributed by atoms with E-state index in [0.29, 0.717) is 47.6 Å². The first-order valence-electron chi connectivity index (χ1n) is 19.2. The average molecular weight is 656 g/mol. The molecule has 6 rings (SSSR count). The quantitative estimate of drug-likeness (QED) is 0.0449. The summed E-state index contributed by atoms with van der Waals surface area (Å²) in [7, 11) is 0. The molecular formula is C41H57N3O4. The lowest BCUT2D eigenvalue weighted by atomic mass is 9.52. The van der Waals surface area contributed by atoms with Gasteiger partial charge < -0.3 is 14.2 Å². The molecule has 3 fully saturated rings. The molecule has 7 nitrogen and oxygen atoms in total. The molecule has 0 bridgehead atoms. The van der Waals surface area contributed by atoms with Crippen LogP contribution in [0.3, 0.4) is 0 Å². The molecule has 0 N–H and O–H groups in total. The van der Waals surface area contributed by atoms with Gasteiger partial charge in [0.1, 0.15) is 5.75 Å². The van der Waals surface area contributed by atoms with E-state index in [0.717, 1.165) is 45.1 Å². The highest BCUT2D eigenvalue weighted by atomic mass is 16.7. The van der Waals surface area contributed by atoms with E-state index in [9.17, 15) is 4.79 Å². The van der Waals surface area contributed by atoms with Gasteiger partial charge in [0.25, 0.3) is 0 Å². The van der Waals surface area contributed by atoms with Gasteiger partial charge in [0.15, 0.2) is 6.29 Å². The highest BCUT2D eigenvalue weighted by Crippen LogP contribution is 2.63. The second-order valence-corrected chi connectivity index (χ2v) is 15.3. The van der Waals surface area contributed by atoms with Crippen molar-refractivity contribution in [2.75, 3.05) is 13.2 Å². The van der Waals surface area contributed by atoms with Gasteiger partial charge in [0, 0.05) is 18.1 Å². The zero-order chi connectivity index (χ0) is 33.2. The molecule has 7 heteroatoms. The summed E-state index contributed by atoms with van der Waals surface area (Å²) in [6.45, 7) is 4.01. The molecule has 4 aliphatic rings. The molecule has 2 saturated carbocycles. The number of hydrogen-bond donors (Lipinski definition) is 0. The third-order valence-corrected chi connectivity index (χ3v) is 12.4. The highest BCUT2D eigenvalue weighted by Gasteiger charge is 2.57. The summed E-state index contributed by atoms with van der Waals surface area (Å²) < 4.78 is 18.7. The Morgan fingerprint density at radius 2 is 1.71 bits per heavy atom. The Hall–Kier alpha value is -2.86. The van der Waals surface area contributed by atoms with Crippen molar-refractivity contribution in [1.29, 1.82) is 0 Å². The summed E-state index contributed by atoms with van der Waals surface area (Å²) in [4.78, 5) is 15.7. The van der Waals surface area contributed by atoms with Crippen molar-refractivity contribution < 1.29 is 19.0 Å². The molecule has 7 atom stereocenters. The number of ether oxygens (including phenoxy) is 3. The Kier molecular flexibility index (Phi) is 12.5. The van der Waals surface area contributed by atoms with Crippen molar-refractivity contribution >= 4 is 5.97 Å². The Morgan fingerprint density at radius 3 is 2.46 bits per heavy atom. The van der Waals surface area contributed by atoms with Gasteiger partial charge in [0.05, 0.1) is 11.7 Å². The lowest BCUT2D eigenvalue weighted by Gasteiger charge is -2.54. The molecule has 3 aliphatic carbocycles. The minimum absolute atomic E-state index is 0.0188. The van der Waals surface area contributed by atoms with Crippen molar-refractivity contribution in [2.24, 2.45) is 28.3 Å². The number of carbonyl (C=O) groups excluding carboxylic acids is 1. The van der Waals surface area contributed by atoms with Gasteiger partial charge in [-0.05, 0) is 134 Å². The summed E-state index contributed by atoms with van der Waals surface area (Å²) in [5.74, 6) is 2.95. The number of azide groups is 1. The van der Waals surface area contributed by atoms with Crippen LogP contribution in [0.15, 0.2) is 53.6 Å². The number of unbranched alkanes of at least 4 members (excludes halogenated alkanes) is 8. The van der Waals surface area contributed by atoms with Gasteiger partial charge >= 0.3 is 5.97 Å². The van der Waals surface area contributed by atoms with Crippen molar-refractivity contribution in [3.05, 3.63) is 75.7 Å².